The quantitative estimate of drug-likeness (QED) is 0.762. The van der Waals surface area contributed by atoms with Crippen molar-refractivity contribution >= 4 is 5.82 Å². The van der Waals surface area contributed by atoms with Gasteiger partial charge >= 0.3 is 0 Å². The number of aromatic nitrogens is 3. The summed E-state index contributed by atoms with van der Waals surface area (Å²) in [6.07, 6.45) is 4.45. The van der Waals surface area contributed by atoms with Crippen LogP contribution in [0.5, 0.6) is 11.6 Å². The van der Waals surface area contributed by atoms with Gasteiger partial charge in [0.05, 0.1) is 18.8 Å². The van der Waals surface area contributed by atoms with Crippen molar-refractivity contribution < 1.29 is 9.47 Å². The van der Waals surface area contributed by atoms with Gasteiger partial charge in [0.25, 0.3) is 0 Å². The van der Waals surface area contributed by atoms with Gasteiger partial charge in [0.15, 0.2) is 0 Å². The molecule has 1 atom stereocenters. The van der Waals surface area contributed by atoms with Crippen LogP contribution in [0.1, 0.15) is 19.0 Å². The Labute approximate surface area is 148 Å². The summed E-state index contributed by atoms with van der Waals surface area (Å²) in [7, 11) is 4.06. The van der Waals surface area contributed by atoms with E-state index in [9.17, 15) is 0 Å². The molecule has 3 rings (SSSR count). The lowest BCUT2D eigenvalue weighted by Crippen LogP contribution is -2.25. The molecule has 0 spiro atoms. The van der Waals surface area contributed by atoms with E-state index in [1.54, 1.807) is 12.5 Å². The summed E-state index contributed by atoms with van der Waals surface area (Å²) in [4.78, 5) is 17.2. The Kier molecular flexibility index (Phi) is 5.65. The van der Waals surface area contributed by atoms with Crippen molar-refractivity contribution in [1.82, 2.24) is 19.9 Å². The monoisotopic (exact) mass is 343 g/mol. The molecule has 0 radical (unpaired) electrons. The molecule has 1 saturated heterocycles. The molecule has 0 aliphatic carbocycles. The second kappa shape index (κ2) is 8.11. The van der Waals surface area contributed by atoms with Crippen molar-refractivity contribution in [2.45, 2.75) is 26.0 Å². The molecule has 0 N–H and O–H groups in total. The van der Waals surface area contributed by atoms with Gasteiger partial charge in [-0.25, -0.2) is 9.97 Å². The van der Waals surface area contributed by atoms with Crippen molar-refractivity contribution in [3.8, 4) is 11.6 Å². The maximum Gasteiger partial charge on any atom is 0.218 e. The standard InChI is InChI=1S/C18H25N5O2/c1-4-24-18-10-17(20-13-21-18)23-8-6-16(12-23)25-15-5-7-19-14(9-15)11-22(2)3/h5,7,9-10,13,16H,4,6,8,11-12H2,1-3H3/t16-/m0/s1. The molecule has 7 nitrogen and oxygen atoms in total. The number of hydrogen-bond donors (Lipinski definition) is 0. The van der Waals surface area contributed by atoms with E-state index in [2.05, 4.69) is 24.8 Å². The third-order valence-corrected chi connectivity index (χ3v) is 3.96. The zero-order valence-corrected chi connectivity index (χ0v) is 15.1. The van der Waals surface area contributed by atoms with Crippen LogP contribution in [0.4, 0.5) is 5.82 Å². The van der Waals surface area contributed by atoms with E-state index in [-0.39, 0.29) is 6.10 Å². The normalized spacial score (nSPS) is 17.1. The highest BCUT2D eigenvalue weighted by atomic mass is 16.5. The summed E-state index contributed by atoms with van der Waals surface area (Å²) in [6, 6.07) is 5.81. The van der Waals surface area contributed by atoms with Crippen LogP contribution in [0.15, 0.2) is 30.7 Å². The summed E-state index contributed by atoms with van der Waals surface area (Å²) in [5.41, 5.74) is 1.01. The number of anilines is 1. The molecule has 1 aliphatic heterocycles. The van der Waals surface area contributed by atoms with E-state index in [0.29, 0.717) is 12.5 Å². The van der Waals surface area contributed by atoms with Crippen LogP contribution in [-0.2, 0) is 6.54 Å². The van der Waals surface area contributed by atoms with Crippen molar-refractivity contribution in [2.24, 2.45) is 0 Å². The van der Waals surface area contributed by atoms with Crippen LogP contribution in [0.2, 0.25) is 0 Å². The molecule has 0 unspecified atom stereocenters. The fourth-order valence-corrected chi connectivity index (χ4v) is 2.89. The smallest absolute Gasteiger partial charge is 0.218 e. The third-order valence-electron chi connectivity index (χ3n) is 3.96. The van der Waals surface area contributed by atoms with E-state index in [1.807, 2.05) is 39.2 Å². The predicted octanol–water partition coefficient (Wildman–Crippen LogP) is 1.99. The van der Waals surface area contributed by atoms with Gasteiger partial charge in [-0.3, -0.25) is 4.98 Å². The van der Waals surface area contributed by atoms with Crippen molar-refractivity contribution in [3.63, 3.8) is 0 Å². The van der Waals surface area contributed by atoms with Crippen LogP contribution >= 0.6 is 0 Å². The van der Waals surface area contributed by atoms with Gasteiger partial charge in [0, 0.05) is 37.8 Å². The Bertz CT molecular complexity index is 695. The van der Waals surface area contributed by atoms with Crippen molar-refractivity contribution in [1.29, 1.82) is 0 Å². The Morgan fingerprint density at radius 3 is 2.92 bits per heavy atom. The minimum atomic E-state index is 0.139. The topological polar surface area (TPSA) is 63.6 Å². The second-order valence-electron chi connectivity index (χ2n) is 6.34. The third kappa shape index (κ3) is 4.79. The second-order valence-corrected chi connectivity index (χ2v) is 6.34. The number of ether oxygens (including phenoxy) is 2. The highest BCUT2D eigenvalue weighted by Gasteiger charge is 2.25. The molecular weight excluding hydrogens is 318 g/mol. The summed E-state index contributed by atoms with van der Waals surface area (Å²) in [6.45, 7) is 5.05. The molecule has 25 heavy (non-hydrogen) atoms. The summed E-state index contributed by atoms with van der Waals surface area (Å²) >= 11 is 0. The van der Waals surface area contributed by atoms with E-state index in [1.165, 1.54) is 0 Å². The van der Waals surface area contributed by atoms with E-state index < -0.39 is 0 Å². The average Bonchev–Trinajstić information content (AvgIpc) is 3.04. The van der Waals surface area contributed by atoms with Gasteiger partial charge < -0.3 is 19.3 Å². The highest BCUT2D eigenvalue weighted by molar-refractivity contribution is 5.42. The zero-order chi connectivity index (χ0) is 17.6. The number of hydrogen-bond acceptors (Lipinski definition) is 7. The molecule has 1 fully saturated rings. The Balaban J connectivity index is 1.60. The maximum absolute atomic E-state index is 6.15. The van der Waals surface area contributed by atoms with Gasteiger partial charge in [-0.2, -0.15) is 0 Å². The largest absolute Gasteiger partial charge is 0.488 e. The fraction of sp³-hybridized carbons (Fsp3) is 0.500. The number of nitrogens with zero attached hydrogens (tertiary/aromatic N) is 5. The molecular formula is C18H25N5O2. The van der Waals surface area contributed by atoms with Gasteiger partial charge in [0.2, 0.25) is 5.88 Å². The summed E-state index contributed by atoms with van der Waals surface area (Å²) < 4.78 is 11.6. The Morgan fingerprint density at radius 2 is 2.12 bits per heavy atom. The lowest BCUT2D eigenvalue weighted by molar-refractivity contribution is 0.224. The minimum Gasteiger partial charge on any atom is -0.488 e. The Morgan fingerprint density at radius 1 is 1.24 bits per heavy atom. The summed E-state index contributed by atoms with van der Waals surface area (Å²) in [5.74, 6) is 2.36. The molecule has 0 amide bonds. The van der Waals surface area contributed by atoms with E-state index in [4.69, 9.17) is 9.47 Å². The SMILES string of the molecule is CCOc1cc(N2CC[C@H](Oc3ccnc(CN(C)C)c3)C2)ncn1. The molecule has 3 heterocycles. The molecule has 1 aliphatic rings. The first kappa shape index (κ1) is 17.4. The predicted molar refractivity (Wildman–Crippen MR) is 96.1 cm³/mol. The van der Waals surface area contributed by atoms with E-state index >= 15 is 0 Å². The van der Waals surface area contributed by atoms with Crippen LogP contribution < -0.4 is 14.4 Å². The molecule has 2 aromatic rings. The molecule has 134 valence electrons. The highest BCUT2D eigenvalue weighted by Crippen LogP contribution is 2.24. The molecule has 0 aromatic carbocycles. The summed E-state index contributed by atoms with van der Waals surface area (Å²) in [5, 5.41) is 0. The first-order chi connectivity index (χ1) is 12.1. The lowest BCUT2D eigenvalue weighted by atomic mass is 10.3. The Hall–Kier alpha value is -2.41. The molecule has 0 bridgehead atoms. The van der Waals surface area contributed by atoms with E-state index in [0.717, 1.165) is 43.3 Å². The van der Waals surface area contributed by atoms with Crippen LogP contribution in [0.3, 0.4) is 0 Å². The van der Waals surface area contributed by atoms with Gasteiger partial charge in [-0.15, -0.1) is 0 Å². The zero-order valence-electron chi connectivity index (χ0n) is 15.1. The minimum absolute atomic E-state index is 0.139. The van der Waals surface area contributed by atoms with Crippen LogP contribution in [0, 0.1) is 0 Å². The van der Waals surface area contributed by atoms with Crippen molar-refractivity contribution in [3.05, 3.63) is 36.4 Å². The van der Waals surface area contributed by atoms with Gasteiger partial charge in [-0.1, -0.05) is 0 Å². The number of pyridine rings is 1. The number of rotatable bonds is 7. The molecule has 7 heteroatoms. The lowest BCUT2D eigenvalue weighted by Gasteiger charge is -2.18. The molecule has 0 saturated carbocycles. The van der Waals surface area contributed by atoms with Crippen LogP contribution in [-0.4, -0.2) is 59.7 Å². The fourth-order valence-electron chi connectivity index (χ4n) is 2.89. The average molecular weight is 343 g/mol. The van der Waals surface area contributed by atoms with Gasteiger partial charge in [0.1, 0.15) is 24.0 Å². The molecule has 2 aromatic heterocycles. The first-order valence-electron chi connectivity index (χ1n) is 8.60. The van der Waals surface area contributed by atoms with Gasteiger partial charge in [-0.05, 0) is 27.1 Å². The van der Waals surface area contributed by atoms with Crippen molar-refractivity contribution in [2.75, 3.05) is 38.7 Å². The maximum atomic E-state index is 6.15. The first-order valence-corrected chi connectivity index (χ1v) is 8.60. The van der Waals surface area contributed by atoms with Crippen LogP contribution in [0.25, 0.3) is 0 Å².